The fraction of sp³-hybridized carbons (Fsp3) is 0.217. The van der Waals surface area contributed by atoms with Gasteiger partial charge in [0, 0.05) is 11.9 Å². The number of esters is 1. The Morgan fingerprint density at radius 2 is 1.72 bits per heavy atom. The van der Waals surface area contributed by atoms with E-state index in [0.29, 0.717) is 18.0 Å². The van der Waals surface area contributed by atoms with E-state index in [-0.39, 0.29) is 19.1 Å². The van der Waals surface area contributed by atoms with E-state index in [1.165, 1.54) is 0 Å². The molecule has 0 radical (unpaired) electrons. The van der Waals surface area contributed by atoms with E-state index in [0.717, 1.165) is 16.5 Å². The van der Waals surface area contributed by atoms with Crippen molar-refractivity contribution < 1.29 is 23.8 Å². The molecule has 1 unspecified atom stereocenters. The molecule has 0 N–H and O–H groups in total. The molecule has 4 rings (SSSR count). The number of amides is 1. The fourth-order valence-corrected chi connectivity index (χ4v) is 3.36. The summed E-state index contributed by atoms with van der Waals surface area (Å²) < 4.78 is 16.4. The summed E-state index contributed by atoms with van der Waals surface area (Å²) >= 11 is 0. The number of ether oxygens (including phenoxy) is 3. The second-order valence-corrected chi connectivity index (χ2v) is 6.61. The number of rotatable bonds is 5. The quantitative estimate of drug-likeness (QED) is 0.622. The lowest BCUT2D eigenvalue weighted by Crippen LogP contribution is -2.40. The van der Waals surface area contributed by atoms with Crippen molar-refractivity contribution in [3.63, 3.8) is 0 Å². The summed E-state index contributed by atoms with van der Waals surface area (Å²) in [6.45, 7) is 2.03. The molecular formula is C23H21NO5. The largest absolute Gasteiger partial charge is 0.485 e. The molecule has 1 heterocycles. The normalized spacial score (nSPS) is 15.0. The first-order chi connectivity index (χ1) is 14.2. The van der Waals surface area contributed by atoms with Crippen LogP contribution in [0.4, 0.5) is 5.69 Å². The Bertz CT molecular complexity index is 1040. The molecule has 1 amide bonds. The van der Waals surface area contributed by atoms with Gasteiger partial charge in [0.25, 0.3) is 5.91 Å². The molecule has 6 heteroatoms. The molecule has 1 aliphatic heterocycles. The number of nitrogens with zero attached hydrogens (tertiary/aromatic N) is 1. The van der Waals surface area contributed by atoms with Crippen LogP contribution < -0.4 is 14.4 Å². The van der Waals surface area contributed by atoms with Crippen molar-refractivity contribution in [1.82, 2.24) is 0 Å². The topological polar surface area (TPSA) is 65.1 Å². The molecule has 3 aromatic carbocycles. The number of carbonyl (C=O) groups is 2. The van der Waals surface area contributed by atoms with Crippen LogP contribution >= 0.6 is 0 Å². The van der Waals surface area contributed by atoms with Crippen LogP contribution in [0.3, 0.4) is 0 Å². The lowest BCUT2D eigenvalue weighted by atomic mass is 10.1. The number of hydrogen-bond acceptors (Lipinski definition) is 5. The Labute approximate surface area is 168 Å². The zero-order valence-corrected chi connectivity index (χ0v) is 16.0. The highest BCUT2D eigenvalue weighted by Gasteiger charge is 2.29. The highest BCUT2D eigenvalue weighted by Crippen LogP contribution is 2.31. The Hall–Kier alpha value is -3.54. The zero-order valence-electron chi connectivity index (χ0n) is 16.0. The van der Waals surface area contributed by atoms with E-state index in [4.69, 9.17) is 14.2 Å². The molecular weight excluding hydrogens is 370 g/mol. The van der Waals surface area contributed by atoms with Crippen molar-refractivity contribution in [2.24, 2.45) is 0 Å². The maximum atomic E-state index is 12.8. The highest BCUT2D eigenvalue weighted by atomic mass is 16.6. The van der Waals surface area contributed by atoms with E-state index >= 15 is 0 Å². The SMILES string of the molecule is CCN(C(=O)COC(=O)C1COc2ccccc2O1)c1cccc2ccccc12. The van der Waals surface area contributed by atoms with Crippen LogP contribution in [0, 0.1) is 0 Å². The van der Waals surface area contributed by atoms with Crippen LogP contribution in [0.15, 0.2) is 66.7 Å². The Balaban J connectivity index is 1.42. The molecule has 1 atom stereocenters. The second-order valence-electron chi connectivity index (χ2n) is 6.61. The summed E-state index contributed by atoms with van der Waals surface area (Å²) in [6, 6.07) is 20.8. The van der Waals surface area contributed by atoms with Crippen molar-refractivity contribution in [3.8, 4) is 11.5 Å². The van der Waals surface area contributed by atoms with Crippen molar-refractivity contribution in [3.05, 3.63) is 66.7 Å². The number of fused-ring (bicyclic) bond motifs is 2. The first kappa shape index (κ1) is 18.8. The van der Waals surface area contributed by atoms with Gasteiger partial charge >= 0.3 is 5.97 Å². The van der Waals surface area contributed by atoms with Crippen molar-refractivity contribution in [2.45, 2.75) is 13.0 Å². The van der Waals surface area contributed by atoms with E-state index in [9.17, 15) is 9.59 Å². The van der Waals surface area contributed by atoms with E-state index < -0.39 is 12.1 Å². The lowest BCUT2D eigenvalue weighted by molar-refractivity contribution is -0.157. The maximum Gasteiger partial charge on any atom is 0.351 e. The van der Waals surface area contributed by atoms with Gasteiger partial charge in [0.15, 0.2) is 18.1 Å². The number of likely N-dealkylation sites (N-methyl/N-ethyl adjacent to an activating group) is 1. The smallest absolute Gasteiger partial charge is 0.351 e. The number of benzene rings is 3. The van der Waals surface area contributed by atoms with Gasteiger partial charge in [-0.1, -0.05) is 48.5 Å². The van der Waals surface area contributed by atoms with Crippen LogP contribution in [-0.2, 0) is 14.3 Å². The molecule has 1 aliphatic rings. The minimum Gasteiger partial charge on any atom is -0.485 e. The summed E-state index contributed by atoms with van der Waals surface area (Å²) in [7, 11) is 0. The van der Waals surface area contributed by atoms with Gasteiger partial charge < -0.3 is 19.1 Å². The number of hydrogen-bond donors (Lipinski definition) is 0. The minimum absolute atomic E-state index is 0.0465. The van der Waals surface area contributed by atoms with Gasteiger partial charge in [-0.15, -0.1) is 0 Å². The van der Waals surface area contributed by atoms with Gasteiger partial charge in [-0.2, -0.15) is 0 Å². The molecule has 0 aromatic heterocycles. The van der Waals surface area contributed by atoms with Crippen molar-refractivity contribution in [2.75, 3.05) is 24.7 Å². The Morgan fingerprint density at radius 1 is 1.00 bits per heavy atom. The third-order valence-corrected chi connectivity index (χ3v) is 4.78. The first-order valence-corrected chi connectivity index (χ1v) is 9.50. The van der Waals surface area contributed by atoms with E-state index in [1.807, 2.05) is 55.5 Å². The van der Waals surface area contributed by atoms with E-state index in [1.54, 1.807) is 23.1 Å². The molecule has 0 saturated carbocycles. The Morgan fingerprint density at radius 3 is 2.55 bits per heavy atom. The second kappa shape index (κ2) is 8.22. The van der Waals surface area contributed by atoms with Gasteiger partial charge in [0.2, 0.25) is 6.10 Å². The molecule has 0 saturated heterocycles. The third kappa shape index (κ3) is 3.87. The summed E-state index contributed by atoms with van der Waals surface area (Å²) in [5, 5.41) is 2.01. The minimum atomic E-state index is -0.898. The fourth-order valence-electron chi connectivity index (χ4n) is 3.36. The Kier molecular flexibility index (Phi) is 5.33. The van der Waals surface area contributed by atoms with Crippen LogP contribution in [0.25, 0.3) is 10.8 Å². The predicted octanol–water partition coefficient (Wildman–Crippen LogP) is 3.58. The highest BCUT2D eigenvalue weighted by molar-refractivity contribution is 6.04. The standard InChI is InChI=1S/C23H21NO5/c1-2-24(18-11-7-9-16-8-3-4-10-17(16)18)22(25)15-28-23(26)21-14-27-19-12-5-6-13-20(19)29-21/h3-13,21H,2,14-15H2,1H3. The third-order valence-electron chi connectivity index (χ3n) is 4.78. The molecule has 148 valence electrons. The van der Waals surface area contributed by atoms with Gasteiger partial charge in [-0.25, -0.2) is 4.79 Å². The molecule has 0 aliphatic carbocycles. The number of anilines is 1. The number of para-hydroxylation sites is 2. The summed E-state index contributed by atoms with van der Waals surface area (Å²) in [5.74, 6) is 0.148. The summed E-state index contributed by atoms with van der Waals surface area (Å²) in [4.78, 5) is 26.8. The van der Waals surface area contributed by atoms with Crippen LogP contribution in [0.2, 0.25) is 0 Å². The summed E-state index contributed by atoms with van der Waals surface area (Å²) in [6.07, 6.45) is -0.898. The zero-order chi connectivity index (χ0) is 20.2. The average molecular weight is 391 g/mol. The van der Waals surface area contributed by atoms with Gasteiger partial charge in [-0.05, 0) is 30.5 Å². The summed E-state index contributed by atoms with van der Waals surface area (Å²) in [5.41, 5.74) is 0.790. The molecule has 0 bridgehead atoms. The average Bonchev–Trinajstić information content (AvgIpc) is 2.77. The monoisotopic (exact) mass is 391 g/mol. The van der Waals surface area contributed by atoms with Gasteiger partial charge in [-0.3, -0.25) is 4.79 Å². The van der Waals surface area contributed by atoms with Crippen molar-refractivity contribution in [1.29, 1.82) is 0 Å². The lowest BCUT2D eigenvalue weighted by Gasteiger charge is -2.26. The first-order valence-electron chi connectivity index (χ1n) is 9.50. The van der Waals surface area contributed by atoms with E-state index in [2.05, 4.69) is 0 Å². The van der Waals surface area contributed by atoms with Crippen molar-refractivity contribution >= 4 is 28.3 Å². The van der Waals surface area contributed by atoms with Crippen LogP contribution in [0.1, 0.15) is 6.92 Å². The van der Waals surface area contributed by atoms with Gasteiger partial charge in [0.1, 0.15) is 6.61 Å². The molecule has 29 heavy (non-hydrogen) atoms. The van der Waals surface area contributed by atoms with Crippen LogP contribution in [0.5, 0.6) is 11.5 Å². The maximum absolute atomic E-state index is 12.8. The molecule has 6 nitrogen and oxygen atoms in total. The molecule has 0 fully saturated rings. The number of carbonyl (C=O) groups excluding carboxylic acids is 2. The van der Waals surface area contributed by atoms with Gasteiger partial charge in [0.05, 0.1) is 5.69 Å². The molecule has 3 aromatic rings. The molecule has 0 spiro atoms. The van der Waals surface area contributed by atoms with Crippen LogP contribution in [-0.4, -0.2) is 37.7 Å². The predicted molar refractivity (Wildman–Crippen MR) is 109 cm³/mol.